The van der Waals surface area contributed by atoms with Gasteiger partial charge in [-0.3, -0.25) is 14.6 Å². The molecule has 0 saturated heterocycles. The molecule has 2 heterocycles. The molecular formula is C26H23N3O2. The van der Waals surface area contributed by atoms with Crippen molar-refractivity contribution in [2.75, 3.05) is 5.32 Å². The minimum absolute atomic E-state index is 0.125. The van der Waals surface area contributed by atoms with Crippen LogP contribution in [0, 0.1) is 13.8 Å². The number of para-hydroxylation sites is 1. The lowest BCUT2D eigenvalue weighted by Crippen LogP contribution is -2.27. The van der Waals surface area contributed by atoms with Crippen LogP contribution in [0.5, 0.6) is 0 Å². The average Bonchev–Trinajstić information content (AvgIpc) is 2.77. The van der Waals surface area contributed by atoms with Crippen LogP contribution in [0.2, 0.25) is 0 Å². The van der Waals surface area contributed by atoms with Gasteiger partial charge in [0.1, 0.15) is 5.56 Å². The molecule has 2 aromatic carbocycles. The Labute approximate surface area is 181 Å². The summed E-state index contributed by atoms with van der Waals surface area (Å²) in [5, 5.41) is 2.87. The smallest absolute Gasteiger partial charge is 0.261 e. The van der Waals surface area contributed by atoms with Gasteiger partial charge < -0.3 is 9.88 Å². The van der Waals surface area contributed by atoms with E-state index in [1.165, 1.54) is 6.07 Å². The first kappa shape index (κ1) is 20.3. The summed E-state index contributed by atoms with van der Waals surface area (Å²) in [7, 11) is 0. The minimum atomic E-state index is -0.427. The van der Waals surface area contributed by atoms with Crippen LogP contribution in [-0.2, 0) is 6.54 Å². The zero-order chi connectivity index (χ0) is 21.8. The lowest BCUT2D eigenvalue weighted by molar-refractivity contribution is 0.102. The third-order valence-electron chi connectivity index (χ3n) is 5.22. The van der Waals surface area contributed by atoms with Crippen molar-refractivity contribution in [2.45, 2.75) is 20.4 Å². The van der Waals surface area contributed by atoms with Gasteiger partial charge in [0.15, 0.2) is 5.43 Å². The van der Waals surface area contributed by atoms with Gasteiger partial charge in [-0.2, -0.15) is 0 Å². The number of hydrogen-bond acceptors (Lipinski definition) is 3. The molecule has 0 unspecified atom stereocenters. The van der Waals surface area contributed by atoms with E-state index >= 15 is 0 Å². The fourth-order valence-corrected chi connectivity index (χ4v) is 3.68. The average molecular weight is 409 g/mol. The van der Waals surface area contributed by atoms with Crippen LogP contribution in [0.25, 0.3) is 11.3 Å². The van der Waals surface area contributed by atoms with Crippen LogP contribution in [0.1, 0.15) is 27.3 Å². The summed E-state index contributed by atoms with van der Waals surface area (Å²) >= 11 is 0. The molecule has 0 aliphatic rings. The molecule has 0 spiro atoms. The maximum Gasteiger partial charge on any atom is 0.261 e. The van der Waals surface area contributed by atoms with Crippen LogP contribution in [-0.4, -0.2) is 15.5 Å². The van der Waals surface area contributed by atoms with E-state index in [1.54, 1.807) is 18.3 Å². The molecule has 1 amide bonds. The van der Waals surface area contributed by atoms with Crippen molar-refractivity contribution < 1.29 is 4.79 Å². The number of pyridine rings is 2. The lowest BCUT2D eigenvalue weighted by atomic mass is 9.98. The highest BCUT2D eigenvalue weighted by Gasteiger charge is 2.23. The van der Waals surface area contributed by atoms with Gasteiger partial charge in [-0.15, -0.1) is 0 Å². The van der Waals surface area contributed by atoms with Crippen molar-refractivity contribution >= 4 is 11.6 Å². The molecule has 0 fully saturated rings. The lowest BCUT2D eigenvalue weighted by Gasteiger charge is -2.21. The first-order valence-corrected chi connectivity index (χ1v) is 10.1. The van der Waals surface area contributed by atoms with Crippen molar-refractivity contribution in [1.82, 2.24) is 9.55 Å². The molecule has 5 heteroatoms. The van der Waals surface area contributed by atoms with Crippen LogP contribution >= 0.6 is 0 Å². The molecule has 0 radical (unpaired) electrons. The highest BCUT2D eigenvalue weighted by atomic mass is 16.2. The number of nitrogens with one attached hydrogen (secondary N) is 1. The zero-order valence-corrected chi connectivity index (χ0v) is 17.5. The Hall–Kier alpha value is -3.99. The SMILES string of the molecule is Cc1ccccc1-c1c(C(=O)Nc2ccccc2)c(=O)cc(C)n1Cc1ccccn1. The summed E-state index contributed by atoms with van der Waals surface area (Å²) in [5.41, 5.74) is 4.50. The largest absolute Gasteiger partial charge is 0.338 e. The molecule has 31 heavy (non-hydrogen) atoms. The van der Waals surface area contributed by atoms with Crippen LogP contribution < -0.4 is 10.7 Å². The van der Waals surface area contributed by atoms with Gasteiger partial charge in [0.2, 0.25) is 0 Å². The number of aryl methyl sites for hydroxylation is 2. The minimum Gasteiger partial charge on any atom is -0.338 e. The second-order valence-corrected chi connectivity index (χ2v) is 7.42. The summed E-state index contributed by atoms with van der Waals surface area (Å²) in [5.74, 6) is -0.427. The maximum atomic E-state index is 13.3. The Kier molecular flexibility index (Phi) is 5.76. The maximum absolute atomic E-state index is 13.3. The Bertz CT molecular complexity index is 1280. The van der Waals surface area contributed by atoms with E-state index in [2.05, 4.69) is 10.3 Å². The first-order chi connectivity index (χ1) is 15.0. The van der Waals surface area contributed by atoms with E-state index in [9.17, 15) is 9.59 Å². The van der Waals surface area contributed by atoms with E-state index in [0.29, 0.717) is 17.9 Å². The van der Waals surface area contributed by atoms with Crippen molar-refractivity contribution in [3.05, 3.63) is 118 Å². The van der Waals surface area contributed by atoms with Crippen molar-refractivity contribution in [2.24, 2.45) is 0 Å². The molecule has 0 saturated carbocycles. The van der Waals surface area contributed by atoms with Gasteiger partial charge in [0.05, 0.1) is 17.9 Å². The summed E-state index contributed by atoms with van der Waals surface area (Å²) in [6, 6.07) is 24.2. The molecule has 0 atom stereocenters. The van der Waals surface area contributed by atoms with Gasteiger partial charge >= 0.3 is 0 Å². The second kappa shape index (κ2) is 8.79. The van der Waals surface area contributed by atoms with Crippen molar-refractivity contribution in [3.8, 4) is 11.3 Å². The molecule has 2 aromatic heterocycles. The van der Waals surface area contributed by atoms with Gasteiger partial charge in [-0.1, -0.05) is 48.5 Å². The molecule has 0 aliphatic carbocycles. The van der Waals surface area contributed by atoms with Crippen LogP contribution in [0.3, 0.4) is 0 Å². The van der Waals surface area contributed by atoms with Crippen molar-refractivity contribution in [3.63, 3.8) is 0 Å². The Morgan fingerprint density at radius 2 is 1.65 bits per heavy atom. The monoisotopic (exact) mass is 409 g/mol. The fourth-order valence-electron chi connectivity index (χ4n) is 3.68. The molecule has 0 bridgehead atoms. The zero-order valence-electron chi connectivity index (χ0n) is 17.5. The molecule has 4 aromatic rings. The number of carbonyl (C=O) groups excluding carboxylic acids is 1. The highest BCUT2D eigenvalue weighted by Crippen LogP contribution is 2.28. The van der Waals surface area contributed by atoms with Gasteiger partial charge in [0.25, 0.3) is 5.91 Å². The molecule has 4 rings (SSSR count). The number of carbonyl (C=O) groups is 1. The Morgan fingerprint density at radius 3 is 2.35 bits per heavy atom. The predicted molar refractivity (Wildman–Crippen MR) is 123 cm³/mol. The number of anilines is 1. The summed E-state index contributed by atoms with van der Waals surface area (Å²) in [6.07, 6.45) is 1.74. The Balaban J connectivity index is 1.93. The number of hydrogen-bond donors (Lipinski definition) is 1. The predicted octanol–water partition coefficient (Wildman–Crippen LogP) is 4.83. The number of benzene rings is 2. The topological polar surface area (TPSA) is 64.0 Å². The highest BCUT2D eigenvalue weighted by molar-refractivity contribution is 6.08. The van der Waals surface area contributed by atoms with Crippen LogP contribution in [0.4, 0.5) is 5.69 Å². The summed E-state index contributed by atoms with van der Waals surface area (Å²) in [4.78, 5) is 30.8. The molecule has 0 aliphatic heterocycles. The van der Waals surface area contributed by atoms with E-state index in [1.807, 2.05) is 79.1 Å². The first-order valence-electron chi connectivity index (χ1n) is 10.1. The van der Waals surface area contributed by atoms with E-state index < -0.39 is 5.91 Å². The normalized spacial score (nSPS) is 10.6. The third kappa shape index (κ3) is 4.31. The fraction of sp³-hybridized carbons (Fsp3) is 0.115. The van der Waals surface area contributed by atoms with E-state index in [-0.39, 0.29) is 11.0 Å². The molecular weight excluding hydrogens is 386 g/mol. The number of nitrogens with zero attached hydrogens (tertiary/aromatic N) is 2. The molecule has 1 N–H and O–H groups in total. The standard InChI is InChI=1S/C26H23N3O2/c1-18-10-6-7-14-22(18)25-24(26(31)28-20-11-4-3-5-12-20)23(30)16-19(2)29(25)17-21-13-8-9-15-27-21/h3-16H,17H2,1-2H3,(H,28,31). The van der Waals surface area contributed by atoms with Crippen LogP contribution in [0.15, 0.2) is 89.9 Å². The second-order valence-electron chi connectivity index (χ2n) is 7.42. The van der Waals surface area contributed by atoms with Gasteiger partial charge in [0, 0.05) is 29.2 Å². The Morgan fingerprint density at radius 1 is 0.935 bits per heavy atom. The summed E-state index contributed by atoms with van der Waals surface area (Å²) < 4.78 is 1.99. The number of rotatable bonds is 5. The van der Waals surface area contributed by atoms with Gasteiger partial charge in [-0.25, -0.2) is 0 Å². The van der Waals surface area contributed by atoms with Crippen molar-refractivity contribution in [1.29, 1.82) is 0 Å². The van der Waals surface area contributed by atoms with E-state index in [0.717, 1.165) is 22.5 Å². The number of aromatic nitrogens is 2. The molecule has 5 nitrogen and oxygen atoms in total. The third-order valence-corrected chi connectivity index (χ3v) is 5.22. The quantitative estimate of drug-likeness (QED) is 0.514. The summed E-state index contributed by atoms with van der Waals surface area (Å²) in [6.45, 7) is 4.30. The molecule has 154 valence electrons. The number of amides is 1. The van der Waals surface area contributed by atoms with Gasteiger partial charge in [-0.05, 0) is 43.7 Å². The van der Waals surface area contributed by atoms with E-state index in [4.69, 9.17) is 0 Å².